The van der Waals surface area contributed by atoms with Gasteiger partial charge in [0.15, 0.2) is 11.6 Å². The SMILES string of the molecule is CCC(NC(=O)OCc1ccccc1)C(=O)Cn1nnnc1Cc1ccccc1. The molecular formula is C21H23N5O3. The predicted molar refractivity (Wildman–Crippen MR) is 106 cm³/mol. The van der Waals surface area contributed by atoms with Gasteiger partial charge in [-0.05, 0) is 28.0 Å². The van der Waals surface area contributed by atoms with Gasteiger partial charge < -0.3 is 10.1 Å². The van der Waals surface area contributed by atoms with E-state index in [2.05, 4.69) is 20.8 Å². The normalized spacial score (nSPS) is 11.6. The number of ketones is 1. The average molecular weight is 393 g/mol. The zero-order valence-electron chi connectivity index (χ0n) is 16.2. The van der Waals surface area contributed by atoms with Crippen LogP contribution in [0.1, 0.15) is 30.3 Å². The summed E-state index contributed by atoms with van der Waals surface area (Å²) in [5.74, 6) is 0.400. The molecule has 150 valence electrons. The third-order valence-corrected chi connectivity index (χ3v) is 4.42. The van der Waals surface area contributed by atoms with Gasteiger partial charge >= 0.3 is 6.09 Å². The number of nitrogens with one attached hydrogen (secondary N) is 1. The first-order chi connectivity index (χ1) is 14.2. The average Bonchev–Trinajstić information content (AvgIpc) is 3.18. The summed E-state index contributed by atoms with van der Waals surface area (Å²) in [5.41, 5.74) is 1.92. The monoisotopic (exact) mass is 393 g/mol. The van der Waals surface area contributed by atoms with Crippen LogP contribution in [0.15, 0.2) is 60.7 Å². The molecule has 0 saturated carbocycles. The van der Waals surface area contributed by atoms with Crippen LogP contribution in [0.5, 0.6) is 0 Å². The maximum Gasteiger partial charge on any atom is 0.408 e. The molecule has 0 saturated heterocycles. The lowest BCUT2D eigenvalue weighted by Gasteiger charge is -2.16. The first-order valence-corrected chi connectivity index (χ1v) is 9.44. The topological polar surface area (TPSA) is 99.0 Å². The largest absolute Gasteiger partial charge is 0.445 e. The maximum absolute atomic E-state index is 12.7. The number of nitrogens with zero attached hydrogens (tertiary/aromatic N) is 4. The van der Waals surface area contributed by atoms with Crippen LogP contribution in [0.3, 0.4) is 0 Å². The van der Waals surface area contributed by atoms with Gasteiger partial charge in [-0.15, -0.1) is 5.10 Å². The Balaban J connectivity index is 1.55. The fourth-order valence-electron chi connectivity index (χ4n) is 2.83. The van der Waals surface area contributed by atoms with Gasteiger partial charge in [0.1, 0.15) is 13.2 Å². The van der Waals surface area contributed by atoms with Crippen LogP contribution in [0.25, 0.3) is 0 Å². The molecule has 1 atom stereocenters. The van der Waals surface area contributed by atoms with Crippen molar-refractivity contribution in [2.75, 3.05) is 0 Å². The molecule has 0 spiro atoms. The maximum atomic E-state index is 12.7. The summed E-state index contributed by atoms with van der Waals surface area (Å²) in [7, 11) is 0. The molecule has 3 rings (SSSR count). The number of benzene rings is 2. The van der Waals surface area contributed by atoms with E-state index in [4.69, 9.17) is 4.74 Å². The first-order valence-electron chi connectivity index (χ1n) is 9.44. The van der Waals surface area contributed by atoms with E-state index in [-0.39, 0.29) is 18.9 Å². The first kappa shape index (κ1) is 20.2. The van der Waals surface area contributed by atoms with Crippen LogP contribution in [0, 0.1) is 0 Å². The van der Waals surface area contributed by atoms with Crippen molar-refractivity contribution in [3.05, 3.63) is 77.6 Å². The number of hydrogen-bond acceptors (Lipinski definition) is 6. The Morgan fingerprint density at radius 3 is 2.34 bits per heavy atom. The highest BCUT2D eigenvalue weighted by Crippen LogP contribution is 2.07. The van der Waals surface area contributed by atoms with E-state index in [1.165, 1.54) is 4.68 Å². The van der Waals surface area contributed by atoms with Gasteiger partial charge in [-0.3, -0.25) is 4.79 Å². The van der Waals surface area contributed by atoms with Crippen molar-refractivity contribution >= 4 is 11.9 Å². The third-order valence-electron chi connectivity index (χ3n) is 4.42. The molecule has 1 amide bonds. The molecule has 1 unspecified atom stereocenters. The van der Waals surface area contributed by atoms with Gasteiger partial charge in [-0.25, -0.2) is 9.48 Å². The third kappa shape index (κ3) is 5.97. The molecule has 0 radical (unpaired) electrons. The van der Waals surface area contributed by atoms with E-state index < -0.39 is 12.1 Å². The molecule has 8 heteroatoms. The minimum Gasteiger partial charge on any atom is -0.445 e. The highest BCUT2D eigenvalue weighted by molar-refractivity contribution is 5.87. The van der Waals surface area contributed by atoms with Gasteiger partial charge in [-0.1, -0.05) is 67.6 Å². The van der Waals surface area contributed by atoms with Crippen LogP contribution in [-0.4, -0.2) is 38.1 Å². The lowest BCUT2D eigenvalue weighted by atomic mass is 10.1. The molecule has 8 nitrogen and oxygen atoms in total. The summed E-state index contributed by atoms with van der Waals surface area (Å²) in [4.78, 5) is 24.7. The molecule has 0 bridgehead atoms. The molecule has 29 heavy (non-hydrogen) atoms. The standard InChI is InChI=1S/C21H23N5O3/c1-2-18(22-21(28)29-15-17-11-7-4-8-12-17)19(27)14-26-20(23-24-25-26)13-16-9-5-3-6-10-16/h3-12,18H,2,13-15H2,1H3,(H,22,28). The van der Waals surface area contributed by atoms with E-state index in [1.807, 2.05) is 67.6 Å². The van der Waals surface area contributed by atoms with Crippen molar-refractivity contribution in [2.24, 2.45) is 0 Å². The Bertz CT molecular complexity index is 928. The van der Waals surface area contributed by atoms with Gasteiger partial charge in [0.05, 0.1) is 6.04 Å². The highest BCUT2D eigenvalue weighted by atomic mass is 16.5. The number of ether oxygens (including phenoxy) is 1. The summed E-state index contributed by atoms with van der Waals surface area (Å²) in [6.45, 7) is 1.95. The van der Waals surface area contributed by atoms with E-state index in [0.29, 0.717) is 18.7 Å². The summed E-state index contributed by atoms with van der Waals surface area (Å²) < 4.78 is 6.67. The Hall–Kier alpha value is -3.55. The molecule has 0 fully saturated rings. The van der Waals surface area contributed by atoms with Gasteiger partial charge in [0.2, 0.25) is 0 Å². The minimum absolute atomic E-state index is 0.0212. The molecular weight excluding hydrogens is 370 g/mol. The summed E-state index contributed by atoms with van der Waals surface area (Å²) in [6, 6.07) is 18.4. The fraction of sp³-hybridized carbons (Fsp3) is 0.286. The summed E-state index contributed by atoms with van der Waals surface area (Å²) in [5, 5.41) is 14.2. The Labute approximate surface area is 168 Å². The van der Waals surface area contributed by atoms with E-state index in [1.54, 1.807) is 0 Å². The number of hydrogen-bond donors (Lipinski definition) is 1. The number of aromatic nitrogens is 4. The van der Waals surface area contributed by atoms with Crippen molar-refractivity contribution < 1.29 is 14.3 Å². The van der Waals surface area contributed by atoms with Gasteiger partial charge in [0, 0.05) is 6.42 Å². The van der Waals surface area contributed by atoms with Crippen molar-refractivity contribution in [1.29, 1.82) is 0 Å². The van der Waals surface area contributed by atoms with E-state index >= 15 is 0 Å². The second-order valence-electron chi connectivity index (χ2n) is 6.55. The van der Waals surface area contributed by atoms with Gasteiger partial charge in [-0.2, -0.15) is 0 Å². The number of carbonyl (C=O) groups is 2. The fourth-order valence-corrected chi connectivity index (χ4v) is 2.83. The van der Waals surface area contributed by atoms with E-state index in [9.17, 15) is 9.59 Å². The van der Waals surface area contributed by atoms with Crippen molar-refractivity contribution in [2.45, 2.75) is 39.0 Å². The molecule has 0 aliphatic carbocycles. The molecule has 2 aromatic carbocycles. The Morgan fingerprint density at radius 2 is 1.69 bits per heavy atom. The summed E-state index contributed by atoms with van der Waals surface area (Å²) in [6.07, 6.45) is 0.329. The number of alkyl carbamates (subject to hydrolysis) is 1. The number of rotatable bonds is 9. The molecule has 1 heterocycles. The highest BCUT2D eigenvalue weighted by Gasteiger charge is 2.21. The van der Waals surface area contributed by atoms with Crippen molar-refractivity contribution in [1.82, 2.24) is 25.5 Å². The molecule has 3 aromatic rings. The molecule has 1 N–H and O–H groups in total. The predicted octanol–water partition coefficient (Wildman–Crippen LogP) is 2.54. The second-order valence-corrected chi connectivity index (χ2v) is 6.55. The summed E-state index contributed by atoms with van der Waals surface area (Å²) >= 11 is 0. The number of amides is 1. The van der Waals surface area contributed by atoms with Crippen LogP contribution in [-0.2, 0) is 29.1 Å². The van der Waals surface area contributed by atoms with Gasteiger partial charge in [0.25, 0.3) is 0 Å². The van der Waals surface area contributed by atoms with Crippen LogP contribution >= 0.6 is 0 Å². The molecule has 1 aromatic heterocycles. The Morgan fingerprint density at radius 1 is 1.03 bits per heavy atom. The Kier molecular flexibility index (Phi) is 7.05. The van der Waals surface area contributed by atoms with Crippen LogP contribution in [0.2, 0.25) is 0 Å². The quantitative estimate of drug-likeness (QED) is 0.600. The van der Waals surface area contributed by atoms with E-state index in [0.717, 1.165) is 11.1 Å². The zero-order chi connectivity index (χ0) is 20.5. The lowest BCUT2D eigenvalue weighted by Crippen LogP contribution is -2.42. The second kappa shape index (κ2) is 10.1. The number of Topliss-reactive ketones (excluding diaryl/α,β-unsaturated/α-hetero) is 1. The van der Waals surface area contributed by atoms with Crippen LogP contribution in [0.4, 0.5) is 4.79 Å². The van der Waals surface area contributed by atoms with Crippen molar-refractivity contribution in [3.8, 4) is 0 Å². The smallest absolute Gasteiger partial charge is 0.408 e. The molecule has 0 aliphatic heterocycles. The minimum atomic E-state index is -0.674. The zero-order valence-corrected chi connectivity index (χ0v) is 16.2. The lowest BCUT2D eigenvalue weighted by molar-refractivity contribution is -0.121. The number of carbonyl (C=O) groups excluding carboxylic acids is 2. The van der Waals surface area contributed by atoms with Crippen LogP contribution < -0.4 is 5.32 Å². The van der Waals surface area contributed by atoms with Crippen molar-refractivity contribution in [3.63, 3.8) is 0 Å². The number of tetrazole rings is 1. The molecule has 0 aliphatic rings.